The van der Waals surface area contributed by atoms with E-state index in [2.05, 4.69) is 15.0 Å². The van der Waals surface area contributed by atoms with Crippen molar-refractivity contribution in [2.75, 3.05) is 74.5 Å². The van der Waals surface area contributed by atoms with Gasteiger partial charge in [0.2, 0.25) is 15.5 Å². The SMILES string of the molecule is ClCCN(CCCl)Sc1nc(SN(CCCl)CCCl)nc(SN(CCCl)CCCl)n1. The molecule has 0 atom stereocenters. The highest BCUT2D eigenvalue weighted by molar-refractivity contribution is 7.98. The number of alkyl halides is 6. The minimum Gasteiger partial charge on any atom is -0.241 e. The molecule has 0 aliphatic heterocycles. The van der Waals surface area contributed by atoms with Crippen LogP contribution in [0.5, 0.6) is 0 Å². The lowest BCUT2D eigenvalue weighted by Gasteiger charge is -2.21. The lowest BCUT2D eigenvalue weighted by molar-refractivity contribution is 0.513. The summed E-state index contributed by atoms with van der Waals surface area (Å²) >= 11 is 39.7. The van der Waals surface area contributed by atoms with Gasteiger partial charge in [-0.15, -0.1) is 69.6 Å². The predicted molar refractivity (Wildman–Crippen MR) is 136 cm³/mol. The molecular formula is C15H24Cl6N6S3. The molecule has 0 bridgehead atoms. The van der Waals surface area contributed by atoms with Gasteiger partial charge in [-0.3, -0.25) is 0 Å². The standard InChI is InChI=1S/C15H24Cl6N6S3/c16-1-7-25(8-2-17)28-13-22-14(29-26(9-3-18)10-4-19)24-15(23-13)30-27(11-5-20)12-6-21/h1-12H2. The van der Waals surface area contributed by atoms with Crippen molar-refractivity contribution in [3.8, 4) is 0 Å². The fraction of sp³-hybridized carbons (Fsp3) is 0.800. The van der Waals surface area contributed by atoms with Crippen LogP contribution in [0.2, 0.25) is 0 Å². The second-order valence-corrected chi connectivity index (χ2v) is 10.8. The van der Waals surface area contributed by atoms with Crippen LogP contribution in [0, 0.1) is 0 Å². The van der Waals surface area contributed by atoms with Gasteiger partial charge in [0.15, 0.2) is 0 Å². The lowest BCUT2D eigenvalue weighted by atomic mass is 10.6. The minimum absolute atomic E-state index is 0.483. The van der Waals surface area contributed by atoms with Crippen LogP contribution < -0.4 is 0 Å². The Kier molecular flexibility index (Phi) is 18.9. The molecule has 0 amide bonds. The molecule has 0 saturated heterocycles. The van der Waals surface area contributed by atoms with E-state index >= 15 is 0 Å². The van der Waals surface area contributed by atoms with E-state index in [1.807, 2.05) is 12.9 Å². The molecule has 1 aromatic rings. The zero-order valence-corrected chi connectivity index (χ0v) is 23.1. The maximum atomic E-state index is 5.91. The first-order valence-electron chi connectivity index (χ1n) is 9.00. The van der Waals surface area contributed by atoms with Crippen molar-refractivity contribution in [1.82, 2.24) is 27.9 Å². The molecule has 0 saturated carbocycles. The molecule has 15 heteroatoms. The topological polar surface area (TPSA) is 48.4 Å². The van der Waals surface area contributed by atoms with E-state index in [9.17, 15) is 0 Å². The second kappa shape index (κ2) is 19.0. The number of hydrogen-bond donors (Lipinski definition) is 0. The quantitative estimate of drug-likeness (QED) is 0.167. The molecule has 0 aliphatic carbocycles. The Labute approximate surface area is 221 Å². The molecule has 30 heavy (non-hydrogen) atoms. The molecule has 1 heterocycles. The number of rotatable bonds is 18. The highest BCUT2D eigenvalue weighted by Gasteiger charge is 2.17. The average Bonchev–Trinajstić information content (AvgIpc) is 2.69. The zero-order valence-electron chi connectivity index (χ0n) is 16.2. The van der Waals surface area contributed by atoms with Gasteiger partial charge < -0.3 is 0 Å². The van der Waals surface area contributed by atoms with Crippen LogP contribution in [0.3, 0.4) is 0 Å². The van der Waals surface area contributed by atoms with Crippen molar-refractivity contribution < 1.29 is 0 Å². The third-order valence-electron chi connectivity index (χ3n) is 3.21. The minimum atomic E-state index is 0.483. The van der Waals surface area contributed by atoms with Crippen LogP contribution in [0.1, 0.15) is 0 Å². The number of hydrogen-bond acceptors (Lipinski definition) is 9. The summed E-state index contributed by atoms with van der Waals surface area (Å²) in [7, 11) is 0. The van der Waals surface area contributed by atoms with Gasteiger partial charge in [0, 0.05) is 74.5 Å². The molecule has 0 N–H and O–H groups in total. The van der Waals surface area contributed by atoms with Gasteiger partial charge in [0.1, 0.15) is 0 Å². The van der Waals surface area contributed by atoms with Crippen LogP contribution in [-0.2, 0) is 0 Å². The Morgan fingerprint density at radius 1 is 0.433 bits per heavy atom. The van der Waals surface area contributed by atoms with Crippen LogP contribution in [0.15, 0.2) is 15.5 Å². The van der Waals surface area contributed by atoms with E-state index in [0.717, 1.165) is 0 Å². The maximum absolute atomic E-state index is 5.91. The summed E-state index contributed by atoms with van der Waals surface area (Å²) < 4.78 is 6.09. The molecule has 0 radical (unpaired) electrons. The van der Waals surface area contributed by atoms with E-state index < -0.39 is 0 Å². The van der Waals surface area contributed by atoms with E-state index in [1.54, 1.807) is 0 Å². The van der Waals surface area contributed by atoms with Crippen molar-refractivity contribution in [3.63, 3.8) is 0 Å². The van der Waals surface area contributed by atoms with Crippen LogP contribution in [-0.4, -0.2) is 102 Å². The smallest absolute Gasteiger partial charge is 0.208 e. The average molecular weight is 597 g/mol. The predicted octanol–water partition coefficient (Wildman–Crippen LogP) is 5.23. The van der Waals surface area contributed by atoms with Gasteiger partial charge in [-0.2, -0.15) is 15.0 Å². The molecule has 0 spiro atoms. The number of nitrogens with zero attached hydrogens (tertiary/aromatic N) is 6. The van der Waals surface area contributed by atoms with Gasteiger partial charge in [0.05, 0.1) is 0 Å². The van der Waals surface area contributed by atoms with Gasteiger partial charge >= 0.3 is 0 Å². The fourth-order valence-corrected chi connectivity index (χ4v) is 6.52. The van der Waals surface area contributed by atoms with Gasteiger partial charge in [0.25, 0.3) is 0 Å². The summed E-state index contributed by atoms with van der Waals surface area (Å²) in [5.74, 6) is 2.90. The normalized spacial score (nSPS) is 11.9. The maximum Gasteiger partial charge on any atom is 0.208 e. The third-order valence-corrected chi connectivity index (χ3v) is 7.13. The first kappa shape index (κ1) is 29.7. The van der Waals surface area contributed by atoms with Crippen molar-refractivity contribution in [3.05, 3.63) is 0 Å². The molecule has 0 aromatic carbocycles. The van der Waals surface area contributed by atoms with Crippen LogP contribution >= 0.6 is 105 Å². The van der Waals surface area contributed by atoms with Gasteiger partial charge in [-0.1, -0.05) is 0 Å². The van der Waals surface area contributed by atoms with Crippen molar-refractivity contribution in [2.24, 2.45) is 0 Å². The summed E-state index contributed by atoms with van der Waals surface area (Å²) in [6.45, 7) is 3.95. The fourth-order valence-electron chi connectivity index (χ4n) is 1.96. The number of aromatic nitrogens is 3. The Hall–Kier alpha value is 1.68. The number of halogens is 6. The summed E-state index contributed by atoms with van der Waals surface area (Å²) in [5.41, 5.74) is 0. The first-order chi connectivity index (χ1) is 14.6. The van der Waals surface area contributed by atoms with Crippen molar-refractivity contribution >= 4 is 105 Å². The Morgan fingerprint density at radius 3 is 0.800 bits per heavy atom. The summed E-state index contributed by atoms with van der Waals surface area (Å²) in [6, 6.07) is 0. The van der Waals surface area contributed by atoms with E-state index in [0.29, 0.717) is 90.0 Å². The van der Waals surface area contributed by atoms with E-state index in [1.165, 1.54) is 35.8 Å². The molecule has 6 nitrogen and oxygen atoms in total. The Balaban J connectivity index is 3.11. The molecule has 1 aromatic heterocycles. The Bertz CT molecular complexity index is 475. The van der Waals surface area contributed by atoms with E-state index in [-0.39, 0.29) is 0 Å². The van der Waals surface area contributed by atoms with Gasteiger partial charge in [-0.25, -0.2) is 12.9 Å². The molecule has 0 unspecified atom stereocenters. The second-order valence-electron chi connectivity index (χ2n) is 5.38. The van der Waals surface area contributed by atoms with E-state index in [4.69, 9.17) is 69.6 Å². The van der Waals surface area contributed by atoms with Crippen LogP contribution in [0.25, 0.3) is 0 Å². The zero-order chi connectivity index (χ0) is 22.2. The highest BCUT2D eigenvalue weighted by atomic mass is 35.5. The monoisotopic (exact) mass is 594 g/mol. The van der Waals surface area contributed by atoms with Crippen molar-refractivity contribution in [1.29, 1.82) is 0 Å². The molecule has 1 rings (SSSR count). The van der Waals surface area contributed by atoms with Crippen molar-refractivity contribution in [2.45, 2.75) is 15.5 Å². The summed E-state index contributed by atoms with van der Waals surface area (Å²) in [6.07, 6.45) is 0. The lowest BCUT2D eigenvalue weighted by Crippen LogP contribution is -2.23. The molecule has 0 aliphatic rings. The highest BCUT2D eigenvalue weighted by Crippen LogP contribution is 2.28. The summed E-state index contributed by atoms with van der Waals surface area (Å²) in [5, 5.41) is 1.70. The largest absolute Gasteiger partial charge is 0.241 e. The molecule has 0 fully saturated rings. The third kappa shape index (κ3) is 12.8. The molecular weight excluding hydrogens is 573 g/mol. The summed E-state index contributed by atoms with van der Waals surface area (Å²) in [4.78, 5) is 13.8. The molecule has 174 valence electrons. The Morgan fingerprint density at radius 2 is 0.633 bits per heavy atom. The van der Waals surface area contributed by atoms with Crippen LogP contribution in [0.4, 0.5) is 0 Å². The first-order valence-corrected chi connectivity index (χ1v) is 14.5. The van der Waals surface area contributed by atoms with Gasteiger partial charge in [-0.05, 0) is 35.8 Å².